The molecular formula is C11H6N6. The van der Waals surface area contributed by atoms with Gasteiger partial charge in [-0.3, -0.25) is 4.98 Å². The molecule has 1 N–H and O–H groups in total. The zero-order chi connectivity index (χ0) is 11.7. The summed E-state index contributed by atoms with van der Waals surface area (Å²) in [6, 6.07) is 5.40. The Labute approximate surface area is 96.0 Å². The van der Waals surface area contributed by atoms with Gasteiger partial charge in [0, 0.05) is 6.20 Å². The van der Waals surface area contributed by atoms with E-state index in [9.17, 15) is 0 Å². The minimum absolute atomic E-state index is 0.543. The number of pyridine rings is 1. The van der Waals surface area contributed by atoms with E-state index in [0.29, 0.717) is 22.6 Å². The molecule has 0 spiro atoms. The number of imidazole rings is 1. The normalized spacial score (nSPS) is 10.3. The molecule has 0 saturated heterocycles. The summed E-state index contributed by atoms with van der Waals surface area (Å²) < 4.78 is 0. The average molecular weight is 222 g/mol. The van der Waals surface area contributed by atoms with Crippen LogP contribution in [0.2, 0.25) is 0 Å². The quantitative estimate of drug-likeness (QED) is 0.669. The first-order chi connectivity index (χ1) is 8.38. The molecule has 0 bridgehead atoms. The lowest BCUT2D eigenvalue weighted by Gasteiger charge is -2.00. The largest absolute Gasteiger partial charge is 0.341 e. The van der Waals surface area contributed by atoms with Crippen LogP contribution in [0.15, 0.2) is 31.0 Å². The molecule has 0 fully saturated rings. The second-order valence-corrected chi connectivity index (χ2v) is 3.36. The first kappa shape index (κ1) is 9.42. The van der Waals surface area contributed by atoms with Crippen molar-refractivity contribution in [3.8, 4) is 17.5 Å². The Balaban J connectivity index is 2.27. The number of aromatic nitrogens is 5. The van der Waals surface area contributed by atoms with Gasteiger partial charge in [0.1, 0.15) is 17.5 Å². The molecule has 0 unspecified atom stereocenters. The van der Waals surface area contributed by atoms with E-state index >= 15 is 0 Å². The van der Waals surface area contributed by atoms with Gasteiger partial charge in [0.2, 0.25) is 0 Å². The van der Waals surface area contributed by atoms with Crippen LogP contribution < -0.4 is 0 Å². The number of hydrogen-bond acceptors (Lipinski definition) is 5. The van der Waals surface area contributed by atoms with E-state index in [2.05, 4.69) is 31.0 Å². The third-order valence-electron chi connectivity index (χ3n) is 2.35. The van der Waals surface area contributed by atoms with Crippen molar-refractivity contribution in [1.82, 2.24) is 24.9 Å². The van der Waals surface area contributed by atoms with Gasteiger partial charge in [-0.2, -0.15) is 5.26 Å². The first-order valence-electron chi connectivity index (χ1n) is 4.89. The highest BCUT2D eigenvalue weighted by Crippen LogP contribution is 2.21. The van der Waals surface area contributed by atoms with Crippen LogP contribution in [0.1, 0.15) is 5.56 Å². The highest BCUT2D eigenvalue weighted by atomic mass is 15.0. The summed E-state index contributed by atoms with van der Waals surface area (Å²) >= 11 is 0. The second kappa shape index (κ2) is 3.64. The first-order valence-corrected chi connectivity index (χ1v) is 4.89. The highest BCUT2D eigenvalue weighted by molar-refractivity contribution is 5.85. The summed E-state index contributed by atoms with van der Waals surface area (Å²) in [5.41, 5.74) is 3.11. The van der Waals surface area contributed by atoms with Crippen molar-refractivity contribution in [2.24, 2.45) is 0 Å². The Morgan fingerprint density at radius 3 is 3.00 bits per heavy atom. The standard InChI is InChI=1S/C11H6N6/c12-4-7-1-2-13-8(3-7)9-10-11(16-5-14-9)17-6-15-10/h1-3,5-6H,(H,14,15,16,17). The van der Waals surface area contributed by atoms with Crippen molar-refractivity contribution in [1.29, 1.82) is 5.26 Å². The average Bonchev–Trinajstić information content (AvgIpc) is 2.87. The van der Waals surface area contributed by atoms with Crippen LogP contribution in [0.25, 0.3) is 22.6 Å². The highest BCUT2D eigenvalue weighted by Gasteiger charge is 2.09. The smallest absolute Gasteiger partial charge is 0.181 e. The molecule has 3 heterocycles. The minimum atomic E-state index is 0.543. The van der Waals surface area contributed by atoms with E-state index < -0.39 is 0 Å². The third kappa shape index (κ3) is 1.50. The molecule has 80 valence electrons. The van der Waals surface area contributed by atoms with Crippen molar-refractivity contribution in [2.45, 2.75) is 0 Å². The maximum absolute atomic E-state index is 8.85. The molecule has 0 aliphatic rings. The van der Waals surface area contributed by atoms with Gasteiger partial charge in [-0.15, -0.1) is 0 Å². The van der Waals surface area contributed by atoms with Crippen LogP contribution >= 0.6 is 0 Å². The Morgan fingerprint density at radius 2 is 2.12 bits per heavy atom. The number of H-pyrrole nitrogens is 1. The Hall–Kier alpha value is -2.81. The minimum Gasteiger partial charge on any atom is -0.341 e. The Bertz CT molecular complexity index is 724. The van der Waals surface area contributed by atoms with Gasteiger partial charge >= 0.3 is 0 Å². The fraction of sp³-hybridized carbons (Fsp3) is 0. The van der Waals surface area contributed by atoms with E-state index in [-0.39, 0.29) is 0 Å². The number of nitrogens with zero attached hydrogens (tertiary/aromatic N) is 5. The lowest BCUT2D eigenvalue weighted by Crippen LogP contribution is -1.91. The summed E-state index contributed by atoms with van der Waals surface area (Å²) in [6.07, 6.45) is 4.56. The van der Waals surface area contributed by atoms with E-state index in [4.69, 9.17) is 5.26 Å². The number of aromatic amines is 1. The van der Waals surface area contributed by atoms with Gasteiger partial charge in [0.25, 0.3) is 0 Å². The molecule has 0 atom stereocenters. The van der Waals surface area contributed by atoms with Crippen molar-refractivity contribution in [3.05, 3.63) is 36.5 Å². The molecule has 0 amide bonds. The van der Waals surface area contributed by atoms with Crippen LogP contribution in [0.3, 0.4) is 0 Å². The van der Waals surface area contributed by atoms with Crippen molar-refractivity contribution >= 4 is 11.2 Å². The number of nitriles is 1. The van der Waals surface area contributed by atoms with Crippen molar-refractivity contribution < 1.29 is 0 Å². The topological polar surface area (TPSA) is 91.1 Å². The summed E-state index contributed by atoms with van der Waals surface area (Å²) in [7, 11) is 0. The Kier molecular flexibility index (Phi) is 2.02. The molecule has 0 aromatic carbocycles. The summed E-state index contributed by atoms with van der Waals surface area (Å²) in [5.74, 6) is 0. The van der Waals surface area contributed by atoms with E-state index in [1.807, 2.05) is 0 Å². The molecule has 3 aromatic heterocycles. The van der Waals surface area contributed by atoms with Crippen molar-refractivity contribution in [3.63, 3.8) is 0 Å². The molecule has 17 heavy (non-hydrogen) atoms. The van der Waals surface area contributed by atoms with Gasteiger partial charge in [-0.25, -0.2) is 15.0 Å². The maximum atomic E-state index is 8.85. The molecule has 3 aromatic rings. The molecule has 0 aliphatic heterocycles. The zero-order valence-corrected chi connectivity index (χ0v) is 8.62. The predicted octanol–water partition coefficient (Wildman–Crippen LogP) is 1.29. The van der Waals surface area contributed by atoms with Crippen molar-refractivity contribution in [2.75, 3.05) is 0 Å². The maximum Gasteiger partial charge on any atom is 0.181 e. The van der Waals surface area contributed by atoms with Gasteiger partial charge in [-0.05, 0) is 12.1 Å². The predicted molar refractivity (Wildman–Crippen MR) is 59.6 cm³/mol. The number of fused-ring (bicyclic) bond motifs is 1. The SMILES string of the molecule is N#Cc1ccnc(-c2ncnc3nc[nH]c23)c1. The van der Waals surface area contributed by atoms with Crippen LogP contribution in [0.5, 0.6) is 0 Å². The fourth-order valence-corrected chi connectivity index (χ4v) is 1.59. The fourth-order valence-electron chi connectivity index (χ4n) is 1.59. The number of hydrogen-bond donors (Lipinski definition) is 1. The van der Waals surface area contributed by atoms with Crippen LogP contribution in [-0.4, -0.2) is 24.9 Å². The summed E-state index contributed by atoms with van der Waals surface area (Å²) in [6.45, 7) is 0. The van der Waals surface area contributed by atoms with Gasteiger partial charge in [0.05, 0.1) is 23.7 Å². The number of rotatable bonds is 1. The zero-order valence-electron chi connectivity index (χ0n) is 8.62. The van der Waals surface area contributed by atoms with Crippen LogP contribution in [0, 0.1) is 11.3 Å². The Morgan fingerprint density at radius 1 is 1.18 bits per heavy atom. The summed E-state index contributed by atoms with van der Waals surface area (Å²) in [5, 5.41) is 8.85. The van der Waals surface area contributed by atoms with Gasteiger partial charge in [-0.1, -0.05) is 0 Å². The van der Waals surface area contributed by atoms with E-state index in [1.54, 1.807) is 24.7 Å². The van der Waals surface area contributed by atoms with E-state index in [1.165, 1.54) is 6.33 Å². The molecule has 6 heteroatoms. The van der Waals surface area contributed by atoms with Gasteiger partial charge in [0.15, 0.2) is 5.65 Å². The molecule has 0 aliphatic carbocycles. The molecular weight excluding hydrogens is 216 g/mol. The number of nitrogens with one attached hydrogen (secondary N) is 1. The van der Waals surface area contributed by atoms with E-state index in [0.717, 1.165) is 5.52 Å². The van der Waals surface area contributed by atoms with Crippen LogP contribution in [-0.2, 0) is 0 Å². The monoisotopic (exact) mass is 222 g/mol. The third-order valence-corrected chi connectivity index (χ3v) is 2.35. The molecule has 0 radical (unpaired) electrons. The molecule has 3 rings (SSSR count). The molecule has 0 saturated carbocycles. The summed E-state index contributed by atoms with van der Waals surface area (Å²) in [4.78, 5) is 19.4. The molecule has 6 nitrogen and oxygen atoms in total. The second-order valence-electron chi connectivity index (χ2n) is 3.36. The lowest BCUT2D eigenvalue weighted by atomic mass is 10.2. The lowest BCUT2D eigenvalue weighted by molar-refractivity contribution is 1.18. The van der Waals surface area contributed by atoms with Gasteiger partial charge < -0.3 is 4.98 Å². The van der Waals surface area contributed by atoms with Crippen LogP contribution in [0.4, 0.5) is 0 Å².